The van der Waals surface area contributed by atoms with Gasteiger partial charge in [0.15, 0.2) is 0 Å². The maximum Gasteiger partial charge on any atom is 0.233 e. The molecule has 2 heterocycles. The van der Waals surface area contributed by atoms with E-state index in [4.69, 9.17) is 0 Å². The van der Waals surface area contributed by atoms with Crippen molar-refractivity contribution in [1.82, 2.24) is 30.0 Å². The molecule has 1 fully saturated rings. The minimum absolute atomic E-state index is 0.143. The van der Waals surface area contributed by atoms with E-state index in [9.17, 15) is 4.79 Å². The van der Waals surface area contributed by atoms with Crippen molar-refractivity contribution < 1.29 is 4.79 Å². The van der Waals surface area contributed by atoms with Crippen LogP contribution in [0.15, 0.2) is 23.4 Å². The normalized spacial score (nSPS) is 15.7. The largest absolute Gasteiger partial charge is 0.339 e. The van der Waals surface area contributed by atoms with E-state index in [1.165, 1.54) is 11.8 Å². The van der Waals surface area contributed by atoms with Crippen molar-refractivity contribution in [2.75, 3.05) is 39.0 Å². The van der Waals surface area contributed by atoms with E-state index in [0.29, 0.717) is 10.9 Å². The monoisotopic (exact) mass is 346 g/mol. The van der Waals surface area contributed by atoms with Crippen LogP contribution in [0.1, 0.15) is 11.1 Å². The highest BCUT2D eigenvalue weighted by molar-refractivity contribution is 7.99. The molecule has 128 valence electrons. The molecular weight excluding hydrogens is 324 g/mol. The first-order valence-electron chi connectivity index (χ1n) is 8.00. The second-order valence-corrected chi connectivity index (χ2v) is 7.03. The maximum atomic E-state index is 12.4. The molecule has 7 nitrogen and oxygen atoms in total. The highest BCUT2D eigenvalue weighted by Crippen LogP contribution is 2.23. The number of likely N-dealkylation sites (N-methyl/N-ethyl adjacent to an activating group) is 1. The molecule has 0 spiro atoms. The molecule has 2 aromatic rings. The van der Waals surface area contributed by atoms with Gasteiger partial charge in [-0.2, -0.15) is 4.68 Å². The first-order valence-corrected chi connectivity index (χ1v) is 8.99. The number of rotatable bonds is 4. The summed E-state index contributed by atoms with van der Waals surface area (Å²) in [5.41, 5.74) is 3.20. The molecule has 24 heavy (non-hydrogen) atoms. The van der Waals surface area contributed by atoms with E-state index in [-0.39, 0.29) is 5.91 Å². The van der Waals surface area contributed by atoms with E-state index >= 15 is 0 Å². The predicted molar refractivity (Wildman–Crippen MR) is 93.4 cm³/mol. The summed E-state index contributed by atoms with van der Waals surface area (Å²) >= 11 is 1.39. The maximum absolute atomic E-state index is 12.4. The van der Waals surface area contributed by atoms with Crippen molar-refractivity contribution in [3.05, 3.63) is 29.3 Å². The van der Waals surface area contributed by atoms with Gasteiger partial charge in [-0.25, -0.2) is 0 Å². The van der Waals surface area contributed by atoms with Gasteiger partial charge in [0.25, 0.3) is 0 Å². The second-order valence-electron chi connectivity index (χ2n) is 6.09. The number of tetrazole rings is 1. The number of hydrogen-bond acceptors (Lipinski definition) is 6. The van der Waals surface area contributed by atoms with Crippen molar-refractivity contribution in [1.29, 1.82) is 0 Å². The van der Waals surface area contributed by atoms with Crippen molar-refractivity contribution in [2.24, 2.45) is 0 Å². The molecule has 1 amide bonds. The molecule has 0 saturated carbocycles. The van der Waals surface area contributed by atoms with E-state index in [0.717, 1.165) is 43.0 Å². The van der Waals surface area contributed by atoms with E-state index in [2.05, 4.69) is 27.5 Å². The van der Waals surface area contributed by atoms with Crippen molar-refractivity contribution >= 4 is 17.7 Å². The average Bonchev–Trinajstić information content (AvgIpc) is 3.01. The van der Waals surface area contributed by atoms with Gasteiger partial charge in [-0.15, -0.1) is 5.10 Å². The Morgan fingerprint density at radius 1 is 1.17 bits per heavy atom. The van der Waals surface area contributed by atoms with Crippen molar-refractivity contribution in [3.63, 3.8) is 0 Å². The Morgan fingerprint density at radius 2 is 1.83 bits per heavy atom. The fraction of sp³-hybridized carbons (Fsp3) is 0.500. The number of amides is 1. The summed E-state index contributed by atoms with van der Waals surface area (Å²) in [4.78, 5) is 16.5. The Hall–Kier alpha value is -1.93. The molecule has 0 unspecified atom stereocenters. The van der Waals surface area contributed by atoms with Gasteiger partial charge in [-0.3, -0.25) is 4.79 Å². The Kier molecular flexibility index (Phi) is 5.15. The molecular formula is C16H22N6OS. The minimum atomic E-state index is 0.143. The molecule has 1 aliphatic heterocycles. The van der Waals surface area contributed by atoms with Gasteiger partial charge in [-0.1, -0.05) is 30.0 Å². The number of aromatic nitrogens is 4. The number of carbonyl (C=O) groups excluding carboxylic acids is 1. The molecule has 1 aliphatic rings. The Balaban J connectivity index is 1.69. The molecule has 0 atom stereocenters. The van der Waals surface area contributed by atoms with E-state index < -0.39 is 0 Å². The Morgan fingerprint density at radius 3 is 2.50 bits per heavy atom. The van der Waals surface area contributed by atoms with Crippen LogP contribution in [0, 0.1) is 13.8 Å². The molecule has 1 saturated heterocycles. The zero-order valence-electron chi connectivity index (χ0n) is 14.3. The third-order valence-corrected chi connectivity index (χ3v) is 5.18. The van der Waals surface area contributed by atoms with Crippen LogP contribution in [0.3, 0.4) is 0 Å². The van der Waals surface area contributed by atoms with Crippen LogP contribution in [-0.4, -0.2) is 74.9 Å². The summed E-state index contributed by atoms with van der Waals surface area (Å²) in [6.45, 7) is 7.50. The summed E-state index contributed by atoms with van der Waals surface area (Å²) in [6.07, 6.45) is 0. The number of aryl methyl sites for hydroxylation is 2. The van der Waals surface area contributed by atoms with Gasteiger partial charge in [0, 0.05) is 26.2 Å². The van der Waals surface area contributed by atoms with Gasteiger partial charge in [0.1, 0.15) is 0 Å². The standard InChI is InChI=1S/C16H22N6OS/c1-12-5-4-6-13(2)15(12)22-16(17-18-19-22)24-11-14(23)21-9-7-20(3)8-10-21/h4-6H,7-11H2,1-3H3. The van der Waals surface area contributed by atoms with E-state index in [1.54, 1.807) is 4.68 Å². The summed E-state index contributed by atoms with van der Waals surface area (Å²) < 4.78 is 1.73. The lowest BCUT2D eigenvalue weighted by Gasteiger charge is -2.32. The summed E-state index contributed by atoms with van der Waals surface area (Å²) in [5.74, 6) is 0.499. The van der Waals surface area contributed by atoms with E-state index in [1.807, 2.05) is 36.9 Å². The number of hydrogen-bond donors (Lipinski definition) is 0. The third-order valence-electron chi connectivity index (χ3n) is 4.27. The number of carbonyl (C=O) groups is 1. The smallest absolute Gasteiger partial charge is 0.233 e. The van der Waals surface area contributed by atoms with Crippen LogP contribution in [-0.2, 0) is 4.79 Å². The minimum Gasteiger partial charge on any atom is -0.339 e. The summed E-state index contributed by atoms with van der Waals surface area (Å²) in [7, 11) is 2.08. The lowest BCUT2D eigenvalue weighted by Crippen LogP contribution is -2.47. The zero-order valence-corrected chi connectivity index (χ0v) is 15.1. The van der Waals surface area contributed by atoms with Crippen LogP contribution < -0.4 is 0 Å². The molecule has 8 heteroatoms. The number of nitrogens with zero attached hydrogens (tertiary/aromatic N) is 6. The average molecular weight is 346 g/mol. The van der Waals surface area contributed by atoms with Crippen molar-refractivity contribution in [2.45, 2.75) is 19.0 Å². The number of thioether (sulfide) groups is 1. The van der Waals surface area contributed by atoms with Gasteiger partial charge >= 0.3 is 0 Å². The Bertz CT molecular complexity index is 703. The first kappa shape index (κ1) is 16.9. The molecule has 0 aliphatic carbocycles. The molecule has 1 aromatic carbocycles. The molecule has 1 aromatic heterocycles. The van der Waals surface area contributed by atoms with Gasteiger partial charge in [0.2, 0.25) is 11.1 Å². The molecule has 0 N–H and O–H groups in total. The topological polar surface area (TPSA) is 67.2 Å². The fourth-order valence-electron chi connectivity index (χ4n) is 2.82. The lowest BCUT2D eigenvalue weighted by atomic mass is 10.1. The van der Waals surface area contributed by atoms with Gasteiger partial charge < -0.3 is 9.80 Å². The van der Waals surface area contributed by atoms with Crippen LogP contribution in [0.25, 0.3) is 5.69 Å². The molecule has 3 rings (SSSR count). The lowest BCUT2D eigenvalue weighted by molar-refractivity contribution is -0.129. The van der Waals surface area contributed by atoms with Gasteiger partial charge in [0.05, 0.1) is 11.4 Å². The van der Waals surface area contributed by atoms with Crippen LogP contribution in [0.4, 0.5) is 0 Å². The van der Waals surface area contributed by atoms with Gasteiger partial charge in [-0.05, 0) is 42.4 Å². The predicted octanol–water partition coefficient (Wildman–Crippen LogP) is 1.15. The van der Waals surface area contributed by atoms with Crippen LogP contribution >= 0.6 is 11.8 Å². The highest BCUT2D eigenvalue weighted by Gasteiger charge is 2.20. The third kappa shape index (κ3) is 3.59. The zero-order chi connectivity index (χ0) is 17.1. The summed E-state index contributed by atoms with van der Waals surface area (Å²) in [5, 5.41) is 12.6. The first-order chi connectivity index (χ1) is 11.6. The number of para-hydroxylation sites is 1. The molecule has 0 radical (unpaired) electrons. The Labute approximate surface area is 146 Å². The van der Waals surface area contributed by atoms with Crippen LogP contribution in [0.5, 0.6) is 0 Å². The molecule has 0 bridgehead atoms. The quantitative estimate of drug-likeness (QED) is 0.774. The second kappa shape index (κ2) is 7.31. The summed E-state index contributed by atoms with van der Waals surface area (Å²) in [6, 6.07) is 6.09. The fourth-order valence-corrected chi connectivity index (χ4v) is 3.60. The number of piperazine rings is 1. The van der Waals surface area contributed by atoms with Crippen molar-refractivity contribution in [3.8, 4) is 5.69 Å². The SMILES string of the molecule is Cc1cccc(C)c1-n1nnnc1SCC(=O)N1CCN(C)CC1. The van der Waals surface area contributed by atoms with Crippen LogP contribution in [0.2, 0.25) is 0 Å². The highest BCUT2D eigenvalue weighted by atomic mass is 32.2. The number of benzene rings is 1.